The zero-order valence-corrected chi connectivity index (χ0v) is 15.3. The standard InChI is InChI=1S/C19H32N4O/c1-4-20-19(21-13-16-11-12-23(5-2)15-16)22-14-17-9-7-8-10-18(17)24-6-3/h7-10,16H,4-6,11-15H2,1-3H3,(H2,20,21,22). The van der Waals surface area contributed by atoms with Crippen LogP contribution in [0, 0.1) is 5.92 Å². The Morgan fingerprint density at radius 3 is 2.79 bits per heavy atom. The summed E-state index contributed by atoms with van der Waals surface area (Å²) in [5, 5.41) is 6.84. The maximum atomic E-state index is 5.68. The minimum atomic E-state index is 0.622. The molecule has 0 spiro atoms. The Labute approximate surface area is 146 Å². The summed E-state index contributed by atoms with van der Waals surface area (Å²) in [5.41, 5.74) is 1.12. The number of benzene rings is 1. The molecule has 2 N–H and O–H groups in total. The first-order chi connectivity index (χ1) is 11.8. The fourth-order valence-corrected chi connectivity index (χ4v) is 3.04. The van der Waals surface area contributed by atoms with Crippen molar-refractivity contribution in [2.24, 2.45) is 10.9 Å². The van der Waals surface area contributed by atoms with Crippen molar-refractivity contribution in [2.45, 2.75) is 33.7 Å². The van der Waals surface area contributed by atoms with Crippen LogP contribution in [0.5, 0.6) is 5.75 Å². The molecule has 1 unspecified atom stereocenters. The molecule has 0 radical (unpaired) electrons. The quantitative estimate of drug-likeness (QED) is 0.567. The van der Waals surface area contributed by atoms with E-state index in [1.54, 1.807) is 0 Å². The Morgan fingerprint density at radius 2 is 2.08 bits per heavy atom. The molecule has 0 saturated carbocycles. The molecule has 1 atom stereocenters. The third-order valence-electron chi connectivity index (χ3n) is 4.40. The van der Waals surface area contributed by atoms with E-state index in [1.165, 1.54) is 19.5 Å². The van der Waals surface area contributed by atoms with E-state index in [0.29, 0.717) is 19.1 Å². The third-order valence-corrected chi connectivity index (χ3v) is 4.40. The summed E-state index contributed by atoms with van der Waals surface area (Å²) in [4.78, 5) is 7.24. The van der Waals surface area contributed by atoms with Crippen molar-refractivity contribution < 1.29 is 4.74 Å². The first kappa shape index (κ1) is 18.6. The van der Waals surface area contributed by atoms with Crippen LogP contribution in [-0.4, -0.2) is 50.2 Å². The lowest BCUT2D eigenvalue weighted by Crippen LogP contribution is -2.40. The van der Waals surface area contributed by atoms with Crippen LogP contribution in [0.15, 0.2) is 29.3 Å². The SMILES string of the molecule is CCNC(=NCc1ccccc1OCC)NCC1CCN(CC)C1. The van der Waals surface area contributed by atoms with Crippen LogP contribution in [0.1, 0.15) is 32.8 Å². The molecule has 5 heteroatoms. The summed E-state index contributed by atoms with van der Waals surface area (Å²) in [5.74, 6) is 2.53. The van der Waals surface area contributed by atoms with Gasteiger partial charge < -0.3 is 20.3 Å². The van der Waals surface area contributed by atoms with Gasteiger partial charge in [0.25, 0.3) is 0 Å². The van der Waals surface area contributed by atoms with Crippen molar-refractivity contribution >= 4 is 5.96 Å². The Morgan fingerprint density at radius 1 is 1.25 bits per heavy atom. The lowest BCUT2D eigenvalue weighted by atomic mass is 10.1. The van der Waals surface area contributed by atoms with E-state index in [9.17, 15) is 0 Å². The smallest absolute Gasteiger partial charge is 0.191 e. The number of ether oxygens (including phenoxy) is 1. The number of guanidine groups is 1. The number of hydrogen-bond acceptors (Lipinski definition) is 3. The van der Waals surface area contributed by atoms with Gasteiger partial charge in [-0.1, -0.05) is 25.1 Å². The molecule has 5 nitrogen and oxygen atoms in total. The second-order valence-electron chi connectivity index (χ2n) is 6.16. The van der Waals surface area contributed by atoms with Gasteiger partial charge in [-0.2, -0.15) is 0 Å². The normalized spacial score (nSPS) is 18.6. The van der Waals surface area contributed by atoms with E-state index in [1.807, 2.05) is 25.1 Å². The van der Waals surface area contributed by atoms with Crippen molar-refractivity contribution in [3.05, 3.63) is 29.8 Å². The molecule has 2 rings (SSSR count). The fourth-order valence-electron chi connectivity index (χ4n) is 3.04. The lowest BCUT2D eigenvalue weighted by Gasteiger charge is -2.16. The first-order valence-corrected chi connectivity index (χ1v) is 9.22. The molecule has 1 heterocycles. The molecular formula is C19H32N4O. The van der Waals surface area contributed by atoms with Crippen LogP contribution >= 0.6 is 0 Å². The molecule has 134 valence electrons. The largest absolute Gasteiger partial charge is 0.494 e. The van der Waals surface area contributed by atoms with Crippen LogP contribution in [0.2, 0.25) is 0 Å². The highest BCUT2D eigenvalue weighted by molar-refractivity contribution is 5.79. The summed E-state index contributed by atoms with van der Waals surface area (Å²) >= 11 is 0. The van der Waals surface area contributed by atoms with Gasteiger partial charge >= 0.3 is 0 Å². The van der Waals surface area contributed by atoms with Gasteiger partial charge in [0, 0.05) is 25.2 Å². The van der Waals surface area contributed by atoms with E-state index < -0.39 is 0 Å². The molecule has 1 saturated heterocycles. The van der Waals surface area contributed by atoms with Crippen LogP contribution in [0.25, 0.3) is 0 Å². The number of nitrogens with one attached hydrogen (secondary N) is 2. The molecule has 1 fully saturated rings. The maximum absolute atomic E-state index is 5.68. The van der Waals surface area contributed by atoms with Gasteiger partial charge in [-0.25, -0.2) is 4.99 Å². The van der Waals surface area contributed by atoms with Crippen molar-refractivity contribution in [3.63, 3.8) is 0 Å². The summed E-state index contributed by atoms with van der Waals surface area (Å²) in [6.45, 7) is 13.0. The number of para-hydroxylation sites is 1. The zero-order valence-electron chi connectivity index (χ0n) is 15.3. The molecule has 1 aromatic carbocycles. The second kappa shape index (κ2) is 10.2. The monoisotopic (exact) mass is 332 g/mol. The summed E-state index contributed by atoms with van der Waals surface area (Å²) < 4.78 is 5.68. The Kier molecular flexibility index (Phi) is 7.89. The minimum Gasteiger partial charge on any atom is -0.494 e. The average molecular weight is 332 g/mol. The van der Waals surface area contributed by atoms with Crippen LogP contribution in [0.4, 0.5) is 0 Å². The highest BCUT2D eigenvalue weighted by atomic mass is 16.5. The number of rotatable bonds is 8. The average Bonchev–Trinajstić information content (AvgIpc) is 3.07. The number of aliphatic imine (C=N–C) groups is 1. The molecule has 0 aliphatic carbocycles. The molecule has 0 bridgehead atoms. The predicted molar refractivity (Wildman–Crippen MR) is 101 cm³/mol. The van der Waals surface area contributed by atoms with Crippen molar-refractivity contribution in [1.82, 2.24) is 15.5 Å². The van der Waals surface area contributed by atoms with Gasteiger partial charge in [-0.15, -0.1) is 0 Å². The fraction of sp³-hybridized carbons (Fsp3) is 0.632. The van der Waals surface area contributed by atoms with Crippen LogP contribution in [-0.2, 0) is 6.54 Å². The molecule has 0 amide bonds. The molecule has 1 aliphatic rings. The Hall–Kier alpha value is -1.75. The first-order valence-electron chi connectivity index (χ1n) is 9.22. The van der Waals surface area contributed by atoms with E-state index in [-0.39, 0.29) is 0 Å². The summed E-state index contributed by atoms with van der Waals surface area (Å²) in [6.07, 6.45) is 1.27. The summed E-state index contributed by atoms with van der Waals surface area (Å²) in [7, 11) is 0. The molecular weight excluding hydrogens is 300 g/mol. The number of hydrogen-bond donors (Lipinski definition) is 2. The maximum Gasteiger partial charge on any atom is 0.191 e. The van der Waals surface area contributed by atoms with Crippen molar-refractivity contribution in [2.75, 3.05) is 39.3 Å². The van der Waals surface area contributed by atoms with Gasteiger partial charge in [-0.3, -0.25) is 0 Å². The third kappa shape index (κ3) is 5.71. The highest BCUT2D eigenvalue weighted by Gasteiger charge is 2.20. The minimum absolute atomic E-state index is 0.622. The van der Waals surface area contributed by atoms with Gasteiger partial charge in [0.15, 0.2) is 5.96 Å². The van der Waals surface area contributed by atoms with Gasteiger partial charge in [0.2, 0.25) is 0 Å². The number of likely N-dealkylation sites (tertiary alicyclic amines) is 1. The van der Waals surface area contributed by atoms with Gasteiger partial charge in [-0.05, 0) is 45.3 Å². The molecule has 24 heavy (non-hydrogen) atoms. The molecule has 1 aromatic rings. The Balaban J connectivity index is 1.91. The highest BCUT2D eigenvalue weighted by Crippen LogP contribution is 2.19. The van der Waals surface area contributed by atoms with Crippen LogP contribution < -0.4 is 15.4 Å². The molecule has 1 aliphatic heterocycles. The molecule has 0 aromatic heterocycles. The zero-order chi connectivity index (χ0) is 17.2. The predicted octanol–water partition coefficient (Wildman–Crippen LogP) is 2.48. The summed E-state index contributed by atoms with van der Waals surface area (Å²) in [6, 6.07) is 8.12. The lowest BCUT2D eigenvalue weighted by molar-refractivity contribution is 0.336. The van der Waals surface area contributed by atoms with E-state index >= 15 is 0 Å². The van der Waals surface area contributed by atoms with Gasteiger partial charge in [0.05, 0.1) is 13.2 Å². The topological polar surface area (TPSA) is 48.9 Å². The van der Waals surface area contributed by atoms with Crippen molar-refractivity contribution in [1.29, 1.82) is 0 Å². The van der Waals surface area contributed by atoms with E-state index in [0.717, 1.165) is 36.9 Å². The van der Waals surface area contributed by atoms with Crippen molar-refractivity contribution in [3.8, 4) is 5.75 Å². The van der Waals surface area contributed by atoms with Crippen LogP contribution in [0.3, 0.4) is 0 Å². The van der Waals surface area contributed by atoms with Gasteiger partial charge in [0.1, 0.15) is 5.75 Å². The Bertz CT molecular complexity index is 518. The van der Waals surface area contributed by atoms with E-state index in [4.69, 9.17) is 9.73 Å². The number of nitrogens with zero attached hydrogens (tertiary/aromatic N) is 2. The van der Waals surface area contributed by atoms with E-state index in [2.05, 4.69) is 35.4 Å². The second-order valence-corrected chi connectivity index (χ2v) is 6.16.